The van der Waals surface area contributed by atoms with E-state index in [9.17, 15) is 8.42 Å². The van der Waals surface area contributed by atoms with Crippen molar-refractivity contribution in [2.24, 2.45) is 0 Å². The van der Waals surface area contributed by atoms with Crippen LogP contribution < -0.4 is 5.32 Å². The molecule has 1 aromatic heterocycles. The Balaban J connectivity index is 0.00000144. The van der Waals surface area contributed by atoms with Crippen LogP contribution in [0.4, 0.5) is 0 Å². The highest BCUT2D eigenvalue weighted by Crippen LogP contribution is 2.24. The molecule has 1 aliphatic heterocycles. The van der Waals surface area contributed by atoms with Crippen LogP contribution in [0.2, 0.25) is 0 Å². The number of benzene rings is 1. The lowest BCUT2D eigenvalue weighted by Crippen LogP contribution is -2.44. The fraction of sp³-hybridized carbons (Fsp3) is 0.438. The molecule has 0 unspecified atom stereocenters. The average molecular weight is 392 g/mol. The van der Waals surface area contributed by atoms with Gasteiger partial charge in [-0.15, -0.1) is 24.8 Å². The second-order valence-corrected chi connectivity index (χ2v) is 7.63. The van der Waals surface area contributed by atoms with E-state index in [4.69, 9.17) is 0 Å². The van der Waals surface area contributed by atoms with Crippen LogP contribution in [0.5, 0.6) is 0 Å². The third-order valence-corrected chi connectivity index (χ3v) is 6.20. The second-order valence-electron chi connectivity index (χ2n) is 5.74. The molecule has 8 heteroatoms. The molecular weight excluding hydrogens is 369 g/mol. The van der Waals surface area contributed by atoms with E-state index in [0.717, 1.165) is 30.2 Å². The first-order valence-electron chi connectivity index (χ1n) is 7.65. The largest absolute Gasteiger partial charge is 0.315 e. The maximum Gasteiger partial charge on any atom is 0.243 e. The lowest BCUT2D eigenvalue weighted by atomic mass is 10.1. The summed E-state index contributed by atoms with van der Waals surface area (Å²) in [5, 5.41) is 5.12. The van der Waals surface area contributed by atoms with Crippen molar-refractivity contribution in [3.63, 3.8) is 0 Å². The third-order valence-electron chi connectivity index (χ3n) is 4.19. The highest BCUT2D eigenvalue weighted by atomic mass is 35.5. The number of sulfonamides is 1. The molecule has 1 aromatic carbocycles. The molecule has 2 heterocycles. The Morgan fingerprint density at radius 2 is 1.96 bits per heavy atom. The topological polar surface area (TPSA) is 62.3 Å². The van der Waals surface area contributed by atoms with Crippen molar-refractivity contribution < 1.29 is 8.42 Å². The van der Waals surface area contributed by atoms with E-state index in [1.54, 1.807) is 28.8 Å². The molecule has 3 rings (SSSR count). The van der Waals surface area contributed by atoms with E-state index >= 15 is 0 Å². The van der Waals surface area contributed by atoms with Crippen LogP contribution in [0.1, 0.15) is 19.8 Å². The molecule has 1 aliphatic rings. The van der Waals surface area contributed by atoms with Gasteiger partial charge in [0, 0.05) is 36.9 Å². The zero-order valence-electron chi connectivity index (χ0n) is 13.5. The first kappa shape index (κ1) is 21.1. The molecule has 0 saturated carbocycles. The zero-order chi connectivity index (χ0) is 15.6. The van der Waals surface area contributed by atoms with Crippen molar-refractivity contribution in [1.29, 1.82) is 0 Å². The van der Waals surface area contributed by atoms with Gasteiger partial charge in [0.25, 0.3) is 0 Å². The fourth-order valence-electron chi connectivity index (χ4n) is 2.92. The summed E-state index contributed by atoms with van der Waals surface area (Å²) in [7, 11) is -3.47. The van der Waals surface area contributed by atoms with Gasteiger partial charge in [0.2, 0.25) is 10.0 Å². The van der Waals surface area contributed by atoms with Gasteiger partial charge in [0.1, 0.15) is 0 Å². The van der Waals surface area contributed by atoms with E-state index in [0.29, 0.717) is 18.0 Å². The minimum Gasteiger partial charge on any atom is -0.315 e. The summed E-state index contributed by atoms with van der Waals surface area (Å²) in [6.07, 6.45) is 5.30. The van der Waals surface area contributed by atoms with Crippen molar-refractivity contribution in [3.8, 4) is 0 Å². The zero-order valence-corrected chi connectivity index (χ0v) is 16.0. The van der Waals surface area contributed by atoms with Crippen LogP contribution in [0.3, 0.4) is 0 Å². The minimum absolute atomic E-state index is 0. The number of hydrogen-bond donors (Lipinski definition) is 1. The normalized spacial score (nSPS) is 19.6. The summed E-state index contributed by atoms with van der Waals surface area (Å²) >= 11 is 0. The molecule has 1 fully saturated rings. The summed E-state index contributed by atoms with van der Waals surface area (Å²) in [4.78, 5) is 4.42. The number of nitrogens with one attached hydrogen (secondary N) is 1. The van der Waals surface area contributed by atoms with Gasteiger partial charge in [-0.3, -0.25) is 4.98 Å². The lowest BCUT2D eigenvalue weighted by Gasteiger charge is -2.30. The molecule has 134 valence electrons. The number of rotatable bonds is 2. The highest BCUT2D eigenvalue weighted by molar-refractivity contribution is 7.89. The van der Waals surface area contributed by atoms with Gasteiger partial charge < -0.3 is 5.32 Å². The Kier molecular flexibility index (Phi) is 7.89. The van der Waals surface area contributed by atoms with Gasteiger partial charge in [0.15, 0.2) is 0 Å². The highest BCUT2D eigenvalue weighted by Gasteiger charge is 2.29. The Hall–Kier alpha value is -0.920. The predicted octanol–water partition coefficient (Wildman–Crippen LogP) is 2.84. The van der Waals surface area contributed by atoms with Gasteiger partial charge in [-0.1, -0.05) is 6.07 Å². The molecule has 24 heavy (non-hydrogen) atoms. The summed E-state index contributed by atoms with van der Waals surface area (Å²) in [5.41, 5.74) is 0. The molecule has 0 aliphatic carbocycles. The van der Waals surface area contributed by atoms with E-state index in [-0.39, 0.29) is 30.9 Å². The number of halogens is 2. The molecule has 1 saturated heterocycles. The van der Waals surface area contributed by atoms with Crippen molar-refractivity contribution >= 4 is 45.6 Å². The molecule has 0 bridgehead atoms. The molecule has 1 N–H and O–H groups in total. The molecule has 0 radical (unpaired) electrons. The quantitative estimate of drug-likeness (QED) is 0.854. The molecule has 5 nitrogen and oxygen atoms in total. The van der Waals surface area contributed by atoms with Crippen LogP contribution >= 0.6 is 24.8 Å². The van der Waals surface area contributed by atoms with Crippen LogP contribution in [-0.2, 0) is 10.0 Å². The van der Waals surface area contributed by atoms with Crippen molar-refractivity contribution in [1.82, 2.24) is 14.6 Å². The molecule has 0 spiro atoms. The van der Waals surface area contributed by atoms with Gasteiger partial charge in [-0.05, 0) is 49.9 Å². The number of hydrogen-bond acceptors (Lipinski definition) is 4. The monoisotopic (exact) mass is 391 g/mol. The molecular formula is C16H23Cl2N3O2S. The standard InChI is InChI=1S/C16H21N3O2S.2ClH/c1-13-3-2-7-17-9-10-19(13)22(20,21)16-5-4-15-12-18-8-6-14(15)11-16;;/h4-6,8,11-13,17H,2-3,7,9-10H2,1H3;2*1H/t13-;;/m1../s1. The summed E-state index contributed by atoms with van der Waals surface area (Å²) < 4.78 is 27.6. The Morgan fingerprint density at radius 3 is 2.75 bits per heavy atom. The Labute approximate surface area is 155 Å². The van der Waals surface area contributed by atoms with E-state index in [1.807, 2.05) is 19.1 Å². The summed E-state index contributed by atoms with van der Waals surface area (Å²) in [6, 6.07) is 7.11. The Morgan fingerprint density at radius 1 is 1.17 bits per heavy atom. The minimum atomic E-state index is -3.47. The van der Waals surface area contributed by atoms with Gasteiger partial charge in [-0.25, -0.2) is 8.42 Å². The first-order valence-corrected chi connectivity index (χ1v) is 9.09. The average Bonchev–Trinajstić information content (AvgIpc) is 2.50. The van der Waals surface area contributed by atoms with Crippen LogP contribution in [0.15, 0.2) is 41.6 Å². The number of pyridine rings is 1. The maximum absolute atomic E-state index is 13.0. The van der Waals surface area contributed by atoms with Gasteiger partial charge >= 0.3 is 0 Å². The predicted molar refractivity (Wildman–Crippen MR) is 102 cm³/mol. The number of nitrogens with zero attached hydrogens (tertiary/aromatic N) is 2. The number of fused-ring (bicyclic) bond motifs is 1. The van der Waals surface area contributed by atoms with E-state index in [2.05, 4.69) is 10.3 Å². The van der Waals surface area contributed by atoms with E-state index in [1.165, 1.54) is 0 Å². The maximum atomic E-state index is 13.0. The first-order chi connectivity index (χ1) is 10.6. The lowest BCUT2D eigenvalue weighted by molar-refractivity contribution is 0.297. The van der Waals surface area contributed by atoms with Crippen LogP contribution in [0.25, 0.3) is 10.8 Å². The SMILES string of the molecule is C[C@@H]1CCCNCCN1S(=O)(=O)c1ccc2cnccc2c1.Cl.Cl. The fourth-order valence-corrected chi connectivity index (χ4v) is 4.61. The smallest absolute Gasteiger partial charge is 0.243 e. The van der Waals surface area contributed by atoms with Gasteiger partial charge in [-0.2, -0.15) is 4.31 Å². The van der Waals surface area contributed by atoms with Crippen molar-refractivity contribution in [2.45, 2.75) is 30.7 Å². The van der Waals surface area contributed by atoms with Gasteiger partial charge in [0.05, 0.1) is 4.90 Å². The number of aromatic nitrogens is 1. The van der Waals surface area contributed by atoms with Crippen LogP contribution in [-0.4, -0.2) is 43.4 Å². The third kappa shape index (κ3) is 4.37. The van der Waals surface area contributed by atoms with Crippen molar-refractivity contribution in [3.05, 3.63) is 36.7 Å². The molecule has 1 atom stereocenters. The molecule has 2 aromatic rings. The summed E-state index contributed by atoms with van der Waals surface area (Å²) in [5.74, 6) is 0. The molecule has 0 amide bonds. The van der Waals surface area contributed by atoms with E-state index < -0.39 is 10.0 Å². The van der Waals surface area contributed by atoms with Crippen molar-refractivity contribution in [2.75, 3.05) is 19.6 Å². The second kappa shape index (κ2) is 8.97. The summed E-state index contributed by atoms with van der Waals surface area (Å²) in [6.45, 7) is 4.16. The Bertz CT molecular complexity index is 771. The van der Waals surface area contributed by atoms with Crippen LogP contribution in [0, 0.1) is 0 Å².